The molecule has 0 saturated heterocycles. The van der Waals surface area contributed by atoms with Gasteiger partial charge in [-0.3, -0.25) is 0 Å². The molecule has 1 unspecified atom stereocenters. The Morgan fingerprint density at radius 2 is 2.07 bits per heavy atom. The van der Waals surface area contributed by atoms with E-state index in [2.05, 4.69) is 0 Å². The van der Waals surface area contributed by atoms with Gasteiger partial charge in [0, 0.05) is 16.8 Å². The largest absolute Gasteiger partial charge is 0.391 e. The van der Waals surface area contributed by atoms with Crippen LogP contribution < -0.4 is 0 Å². The van der Waals surface area contributed by atoms with Crippen LogP contribution in [0.1, 0.15) is 18.7 Å². The highest BCUT2D eigenvalue weighted by Gasteiger charge is 2.30. The fourth-order valence-corrected chi connectivity index (χ4v) is 2.32. The number of rotatable bonds is 4. The fourth-order valence-electron chi connectivity index (χ4n) is 1.20. The smallest absolute Gasteiger partial charge is 0.0931 e. The van der Waals surface area contributed by atoms with Crippen LogP contribution in [0.3, 0.4) is 0 Å². The van der Waals surface area contributed by atoms with Gasteiger partial charge >= 0.3 is 0 Å². The second-order valence-corrected chi connectivity index (χ2v) is 6.27. The molecule has 1 aromatic rings. The molecule has 0 aliphatic rings. The van der Waals surface area contributed by atoms with Crippen LogP contribution in [-0.2, 0) is 6.42 Å². The number of halogens is 1. The van der Waals surface area contributed by atoms with E-state index >= 15 is 0 Å². The molecule has 0 spiro atoms. The predicted molar refractivity (Wildman–Crippen MR) is 66.8 cm³/mol. The Labute approximate surface area is 100 Å². The number of aliphatic hydroxyl groups is 1. The van der Waals surface area contributed by atoms with Gasteiger partial charge in [-0.25, -0.2) is 0 Å². The molecular weight excluding hydrogens is 230 g/mol. The van der Waals surface area contributed by atoms with Crippen molar-refractivity contribution < 1.29 is 5.11 Å². The van der Waals surface area contributed by atoms with Crippen molar-refractivity contribution in [1.82, 2.24) is 4.90 Å². The highest BCUT2D eigenvalue weighted by Crippen LogP contribution is 2.26. The molecule has 1 atom stereocenters. The van der Waals surface area contributed by atoms with Crippen LogP contribution in [0.25, 0.3) is 0 Å². The van der Waals surface area contributed by atoms with Crippen LogP contribution in [0.5, 0.6) is 0 Å². The van der Waals surface area contributed by atoms with E-state index in [0.717, 1.165) is 9.21 Å². The number of thiophene rings is 1. The molecule has 4 heteroatoms. The summed E-state index contributed by atoms with van der Waals surface area (Å²) in [6.45, 7) is 4.07. The van der Waals surface area contributed by atoms with E-state index in [9.17, 15) is 5.11 Å². The summed E-state index contributed by atoms with van der Waals surface area (Å²) in [5, 5.41) is 10.1. The van der Waals surface area contributed by atoms with Crippen LogP contribution in [0.15, 0.2) is 12.1 Å². The van der Waals surface area contributed by atoms with Gasteiger partial charge in [0.25, 0.3) is 0 Å². The minimum atomic E-state index is -0.387. The molecule has 0 fully saturated rings. The zero-order chi connectivity index (χ0) is 11.6. The van der Waals surface area contributed by atoms with E-state index in [1.807, 2.05) is 45.0 Å². The highest BCUT2D eigenvalue weighted by molar-refractivity contribution is 7.16. The van der Waals surface area contributed by atoms with Crippen molar-refractivity contribution in [2.75, 3.05) is 14.1 Å². The maximum Gasteiger partial charge on any atom is 0.0931 e. The molecule has 0 saturated carbocycles. The summed E-state index contributed by atoms with van der Waals surface area (Å²) in [7, 11) is 3.95. The summed E-state index contributed by atoms with van der Waals surface area (Å²) < 4.78 is 0.778. The Bertz CT molecular complexity index is 322. The van der Waals surface area contributed by atoms with Gasteiger partial charge in [-0.15, -0.1) is 11.3 Å². The lowest BCUT2D eigenvalue weighted by Crippen LogP contribution is -2.49. The van der Waals surface area contributed by atoms with Crippen molar-refractivity contribution in [2.45, 2.75) is 31.9 Å². The number of hydrogen-bond acceptors (Lipinski definition) is 3. The van der Waals surface area contributed by atoms with Gasteiger partial charge < -0.3 is 10.0 Å². The minimum Gasteiger partial charge on any atom is -0.391 e. The Balaban J connectivity index is 2.67. The van der Waals surface area contributed by atoms with Crippen molar-refractivity contribution in [3.63, 3.8) is 0 Å². The molecule has 0 aromatic carbocycles. The molecule has 2 nitrogen and oxygen atoms in total. The van der Waals surface area contributed by atoms with Gasteiger partial charge in [-0.1, -0.05) is 11.6 Å². The van der Waals surface area contributed by atoms with Crippen LogP contribution in [-0.4, -0.2) is 35.7 Å². The second-order valence-electron chi connectivity index (χ2n) is 4.47. The lowest BCUT2D eigenvalue weighted by atomic mass is 9.93. The van der Waals surface area contributed by atoms with E-state index in [1.54, 1.807) is 0 Å². The SMILES string of the molecule is CN(C)C(C)(C)C(O)Cc1ccc(Cl)s1. The molecule has 0 bridgehead atoms. The molecule has 1 aromatic heterocycles. The molecule has 0 radical (unpaired) electrons. The minimum absolute atomic E-state index is 0.226. The van der Waals surface area contributed by atoms with E-state index < -0.39 is 0 Å². The standard InChI is InChI=1S/C11H18ClNOS/c1-11(2,13(3)4)9(14)7-8-5-6-10(12)15-8/h5-6,9,14H,7H2,1-4H3. The third kappa shape index (κ3) is 3.18. The fraction of sp³-hybridized carbons (Fsp3) is 0.636. The number of aliphatic hydroxyl groups excluding tert-OH is 1. The van der Waals surface area contributed by atoms with Gasteiger partial charge in [-0.05, 0) is 40.1 Å². The van der Waals surface area contributed by atoms with E-state index in [0.29, 0.717) is 6.42 Å². The van der Waals surface area contributed by atoms with Crippen molar-refractivity contribution in [1.29, 1.82) is 0 Å². The molecule has 0 aliphatic heterocycles. The first-order valence-electron chi connectivity index (χ1n) is 4.93. The van der Waals surface area contributed by atoms with Crippen molar-refractivity contribution in [3.8, 4) is 0 Å². The van der Waals surface area contributed by atoms with Crippen LogP contribution in [0.2, 0.25) is 4.34 Å². The first-order valence-corrected chi connectivity index (χ1v) is 6.13. The van der Waals surface area contributed by atoms with Crippen LogP contribution >= 0.6 is 22.9 Å². The maximum absolute atomic E-state index is 10.1. The van der Waals surface area contributed by atoms with Gasteiger partial charge in [0.1, 0.15) is 0 Å². The summed E-state index contributed by atoms with van der Waals surface area (Å²) in [4.78, 5) is 3.16. The Morgan fingerprint density at radius 1 is 1.47 bits per heavy atom. The zero-order valence-electron chi connectivity index (χ0n) is 9.62. The number of hydrogen-bond donors (Lipinski definition) is 1. The lowest BCUT2D eigenvalue weighted by Gasteiger charge is -2.37. The molecule has 1 heterocycles. The Morgan fingerprint density at radius 3 is 2.47 bits per heavy atom. The van der Waals surface area contributed by atoms with Gasteiger partial charge in [-0.2, -0.15) is 0 Å². The van der Waals surface area contributed by atoms with Crippen molar-refractivity contribution in [2.24, 2.45) is 0 Å². The molecular formula is C11H18ClNOS. The van der Waals surface area contributed by atoms with E-state index in [-0.39, 0.29) is 11.6 Å². The summed E-state index contributed by atoms with van der Waals surface area (Å²) in [5.41, 5.74) is -0.226. The van der Waals surface area contributed by atoms with Gasteiger partial charge in [0.2, 0.25) is 0 Å². The van der Waals surface area contributed by atoms with E-state index in [1.165, 1.54) is 11.3 Å². The average molecular weight is 248 g/mol. The molecule has 1 N–H and O–H groups in total. The number of likely N-dealkylation sites (N-methyl/N-ethyl adjacent to an activating group) is 1. The first kappa shape index (κ1) is 13.0. The predicted octanol–water partition coefficient (Wildman–Crippen LogP) is 2.65. The normalized spacial score (nSPS) is 14.6. The second kappa shape index (κ2) is 4.83. The van der Waals surface area contributed by atoms with Crippen LogP contribution in [0, 0.1) is 0 Å². The van der Waals surface area contributed by atoms with Crippen molar-refractivity contribution in [3.05, 3.63) is 21.3 Å². The molecule has 1 rings (SSSR count). The highest BCUT2D eigenvalue weighted by atomic mass is 35.5. The van der Waals surface area contributed by atoms with Crippen LogP contribution in [0.4, 0.5) is 0 Å². The third-order valence-corrected chi connectivity index (χ3v) is 4.24. The summed E-state index contributed by atoms with van der Waals surface area (Å²) in [5.74, 6) is 0. The van der Waals surface area contributed by atoms with Crippen molar-refractivity contribution >= 4 is 22.9 Å². The maximum atomic E-state index is 10.1. The molecule has 86 valence electrons. The molecule has 15 heavy (non-hydrogen) atoms. The monoisotopic (exact) mass is 247 g/mol. The van der Waals surface area contributed by atoms with E-state index in [4.69, 9.17) is 11.6 Å². The molecule has 0 aliphatic carbocycles. The summed E-state index contributed by atoms with van der Waals surface area (Å²) in [6.07, 6.45) is 0.268. The Hall–Kier alpha value is -0.0900. The van der Waals surface area contributed by atoms with Gasteiger partial charge in [0.15, 0.2) is 0 Å². The lowest BCUT2D eigenvalue weighted by molar-refractivity contribution is 0.0187. The average Bonchev–Trinajstić information content (AvgIpc) is 2.50. The Kier molecular flexibility index (Phi) is 4.18. The van der Waals surface area contributed by atoms with Gasteiger partial charge in [0.05, 0.1) is 10.4 Å². The summed E-state index contributed by atoms with van der Waals surface area (Å²) in [6, 6.07) is 3.85. The zero-order valence-corrected chi connectivity index (χ0v) is 11.2. The topological polar surface area (TPSA) is 23.5 Å². The number of nitrogens with zero attached hydrogens (tertiary/aromatic N) is 1. The first-order chi connectivity index (χ1) is 6.84. The molecule has 0 amide bonds. The summed E-state index contributed by atoms with van der Waals surface area (Å²) >= 11 is 7.38. The third-order valence-electron chi connectivity index (χ3n) is 2.99. The quantitative estimate of drug-likeness (QED) is 0.884.